The van der Waals surface area contributed by atoms with Crippen molar-refractivity contribution < 1.29 is 19.0 Å². The van der Waals surface area contributed by atoms with Crippen molar-refractivity contribution in [2.45, 2.75) is 19.8 Å². The number of phenols is 1. The number of aromatic hydroxyl groups is 2. The molecule has 0 aliphatic heterocycles. The van der Waals surface area contributed by atoms with Gasteiger partial charge < -0.3 is 10.2 Å². The number of halogens is 2. The predicted octanol–water partition coefficient (Wildman–Crippen LogP) is 4.54. The third-order valence-electron chi connectivity index (χ3n) is 3.76. The summed E-state index contributed by atoms with van der Waals surface area (Å²) < 4.78 is 27.7. The van der Waals surface area contributed by atoms with Gasteiger partial charge >= 0.3 is 0 Å². The number of nitrogens with zero attached hydrogens (tertiary/aromatic N) is 1. The minimum absolute atomic E-state index is 0.120. The zero-order valence-electron chi connectivity index (χ0n) is 12.5. The highest BCUT2D eigenvalue weighted by molar-refractivity contribution is 5.94. The summed E-state index contributed by atoms with van der Waals surface area (Å²) in [5, 5.41) is 20.0. The fourth-order valence-electron chi connectivity index (χ4n) is 2.67. The molecule has 2 aromatic carbocycles. The van der Waals surface area contributed by atoms with Gasteiger partial charge in [-0.05, 0) is 30.2 Å². The van der Waals surface area contributed by atoms with E-state index in [0.29, 0.717) is 34.9 Å². The Morgan fingerprint density at radius 1 is 1.04 bits per heavy atom. The average Bonchev–Trinajstić information content (AvgIpc) is 2.51. The first kappa shape index (κ1) is 15.2. The van der Waals surface area contributed by atoms with E-state index in [0.717, 1.165) is 0 Å². The van der Waals surface area contributed by atoms with Crippen molar-refractivity contribution in [1.29, 1.82) is 0 Å². The van der Waals surface area contributed by atoms with Crippen LogP contribution < -0.4 is 0 Å². The van der Waals surface area contributed by atoms with Crippen LogP contribution in [-0.2, 0) is 6.42 Å². The molecule has 2 N–H and O–H groups in total. The number of pyridine rings is 1. The second kappa shape index (κ2) is 5.83. The summed E-state index contributed by atoms with van der Waals surface area (Å²) in [4.78, 5) is 3.85. The van der Waals surface area contributed by atoms with Crippen LogP contribution in [0.2, 0.25) is 0 Å². The Morgan fingerprint density at radius 2 is 1.83 bits per heavy atom. The SMILES string of the molecule is CCCc1c(O)cc(-c2cccc3cc(F)c(O)nc23)cc1F. The van der Waals surface area contributed by atoms with Crippen molar-refractivity contribution in [3.63, 3.8) is 0 Å². The molecule has 3 nitrogen and oxygen atoms in total. The van der Waals surface area contributed by atoms with Gasteiger partial charge in [0.1, 0.15) is 11.6 Å². The van der Waals surface area contributed by atoms with Crippen LogP contribution in [-0.4, -0.2) is 15.2 Å². The lowest BCUT2D eigenvalue weighted by Gasteiger charge is -2.11. The number of rotatable bonds is 3. The smallest absolute Gasteiger partial charge is 0.248 e. The Labute approximate surface area is 131 Å². The molecular formula is C18H15F2NO2. The zero-order valence-corrected chi connectivity index (χ0v) is 12.5. The molecule has 0 amide bonds. The van der Waals surface area contributed by atoms with E-state index in [1.54, 1.807) is 18.2 Å². The fraction of sp³-hybridized carbons (Fsp3) is 0.167. The first-order chi connectivity index (χ1) is 11.0. The number of phenolic OH excluding ortho intramolecular Hbond substituents is 1. The Hall–Kier alpha value is -2.69. The minimum Gasteiger partial charge on any atom is -0.508 e. The largest absolute Gasteiger partial charge is 0.508 e. The molecule has 1 aromatic heterocycles. The molecule has 0 unspecified atom stereocenters. The van der Waals surface area contributed by atoms with Gasteiger partial charge in [0.05, 0.1) is 5.52 Å². The Balaban J connectivity index is 2.23. The maximum atomic E-state index is 14.2. The number of fused-ring (bicyclic) bond motifs is 1. The van der Waals surface area contributed by atoms with E-state index in [-0.39, 0.29) is 11.3 Å². The van der Waals surface area contributed by atoms with Gasteiger partial charge in [0, 0.05) is 16.5 Å². The lowest BCUT2D eigenvalue weighted by molar-refractivity contribution is 0.414. The van der Waals surface area contributed by atoms with Crippen LogP contribution in [0.3, 0.4) is 0 Å². The number of benzene rings is 2. The van der Waals surface area contributed by atoms with Crippen molar-refractivity contribution in [1.82, 2.24) is 4.98 Å². The van der Waals surface area contributed by atoms with Crippen LogP contribution in [0.25, 0.3) is 22.0 Å². The highest BCUT2D eigenvalue weighted by Gasteiger charge is 2.14. The van der Waals surface area contributed by atoms with Crippen LogP contribution in [0.5, 0.6) is 11.6 Å². The fourth-order valence-corrected chi connectivity index (χ4v) is 2.67. The molecule has 0 aliphatic rings. The number of hydrogen-bond acceptors (Lipinski definition) is 3. The number of aromatic nitrogens is 1. The van der Waals surface area contributed by atoms with Gasteiger partial charge in [0.2, 0.25) is 5.88 Å². The molecule has 0 radical (unpaired) electrons. The molecule has 0 saturated carbocycles. The number of para-hydroxylation sites is 1. The molecule has 118 valence electrons. The van der Waals surface area contributed by atoms with Crippen LogP contribution >= 0.6 is 0 Å². The van der Waals surface area contributed by atoms with E-state index in [4.69, 9.17) is 0 Å². The zero-order chi connectivity index (χ0) is 16.6. The lowest BCUT2D eigenvalue weighted by atomic mass is 9.98. The third kappa shape index (κ3) is 2.70. The summed E-state index contributed by atoms with van der Waals surface area (Å²) in [6, 6.07) is 8.97. The summed E-state index contributed by atoms with van der Waals surface area (Å²) in [7, 11) is 0. The topological polar surface area (TPSA) is 53.4 Å². The summed E-state index contributed by atoms with van der Waals surface area (Å²) in [6.45, 7) is 1.90. The Kier molecular flexibility index (Phi) is 3.86. The molecule has 0 fully saturated rings. The van der Waals surface area contributed by atoms with Gasteiger partial charge in [0.15, 0.2) is 5.82 Å². The van der Waals surface area contributed by atoms with Crippen LogP contribution in [0.1, 0.15) is 18.9 Å². The van der Waals surface area contributed by atoms with Crippen LogP contribution in [0.4, 0.5) is 8.78 Å². The molecule has 23 heavy (non-hydrogen) atoms. The summed E-state index contributed by atoms with van der Waals surface area (Å²) in [6.07, 6.45) is 1.16. The average molecular weight is 315 g/mol. The minimum atomic E-state index is -0.818. The van der Waals surface area contributed by atoms with Crippen molar-refractivity contribution in [3.05, 3.63) is 53.6 Å². The first-order valence-corrected chi connectivity index (χ1v) is 7.31. The van der Waals surface area contributed by atoms with Crippen molar-refractivity contribution in [3.8, 4) is 22.8 Å². The molecule has 0 atom stereocenters. The van der Waals surface area contributed by atoms with E-state index in [9.17, 15) is 19.0 Å². The highest BCUT2D eigenvalue weighted by atomic mass is 19.1. The van der Waals surface area contributed by atoms with Crippen molar-refractivity contribution in [2.24, 2.45) is 0 Å². The first-order valence-electron chi connectivity index (χ1n) is 7.31. The summed E-state index contributed by atoms with van der Waals surface area (Å²) >= 11 is 0. The van der Waals surface area contributed by atoms with Crippen molar-refractivity contribution >= 4 is 10.9 Å². The third-order valence-corrected chi connectivity index (χ3v) is 3.76. The van der Waals surface area contributed by atoms with E-state index in [1.165, 1.54) is 18.2 Å². The summed E-state index contributed by atoms with van der Waals surface area (Å²) in [5.41, 5.74) is 1.55. The van der Waals surface area contributed by atoms with Gasteiger partial charge in [0.25, 0.3) is 0 Å². The molecule has 1 heterocycles. The quantitative estimate of drug-likeness (QED) is 0.746. The normalized spacial score (nSPS) is 11.1. The Bertz CT molecular complexity index is 871. The van der Waals surface area contributed by atoms with Gasteiger partial charge in [-0.3, -0.25) is 0 Å². The molecular weight excluding hydrogens is 300 g/mol. The van der Waals surface area contributed by atoms with Crippen LogP contribution in [0, 0.1) is 11.6 Å². The van der Waals surface area contributed by atoms with Crippen LogP contribution in [0.15, 0.2) is 36.4 Å². The molecule has 0 saturated heterocycles. The molecule has 0 bridgehead atoms. The number of hydrogen-bond donors (Lipinski definition) is 2. The van der Waals surface area contributed by atoms with E-state index in [2.05, 4.69) is 4.98 Å². The molecule has 0 spiro atoms. The molecule has 3 rings (SSSR count). The van der Waals surface area contributed by atoms with Gasteiger partial charge in [-0.1, -0.05) is 31.5 Å². The predicted molar refractivity (Wildman–Crippen MR) is 84.4 cm³/mol. The second-order valence-electron chi connectivity index (χ2n) is 5.38. The lowest BCUT2D eigenvalue weighted by Crippen LogP contribution is -1.94. The van der Waals surface area contributed by atoms with E-state index in [1.807, 2.05) is 6.92 Å². The van der Waals surface area contributed by atoms with Gasteiger partial charge in [-0.2, -0.15) is 0 Å². The van der Waals surface area contributed by atoms with Gasteiger partial charge in [-0.25, -0.2) is 13.8 Å². The monoisotopic (exact) mass is 315 g/mol. The maximum Gasteiger partial charge on any atom is 0.248 e. The molecule has 5 heteroatoms. The molecule has 0 aliphatic carbocycles. The Morgan fingerprint density at radius 3 is 2.52 bits per heavy atom. The van der Waals surface area contributed by atoms with Gasteiger partial charge in [-0.15, -0.1) is 0 Å². The van der Waals surface area contributed by atoms with Crippen molar-refractivity contribution in [2.75, 3.05) is 0 Å². The standard InChI is InChI=1S/C18H15F2NO2/c1-2-4-13-14(19)8-11(9-16(13)22)12-6-3-5-10-7-15(20)18(23)21-17(10)12/h3,5-9,22H,2,4H2,1H3,(H,21,23). The maximum absolute atomic E-state index is 14.2. The molecule has 3 aromatic rings. The van der Waals surface area contributed by atoms with E-state index < -0.39 is 17.5 Å². The highest BCUT2D eigenvalue weighted by Crippen LogP contribution is 2.34. The van der Waals surface area contributed by atoms with E-state index >= 15 is 0 Å². The second-order valence-corrected chi connectivity index (χ2v) is 5.38. The summed E-state index contributed by atoms with van der Waals surface area (Å²) in [5.74, 6) is -2.14.